The van der Waals surface area contributed by atoms with Gasteiger partial charge in [-0.1, -0.05) is 12.1 Å². The highest BCUT2D eigenvalue weighted by Gasteiger charge is 2.05. The van der Waals surface area contributed by atoms with Crippen LogP contribution >= 0.6 is 0 Å². The van der Waals surface area contributed by atoms with E-state index in [0.29, 0.717) is 0 Å². The average Bonchev–Trinajstić information content (AvgIpc) is 2.04. The molecular formula is C10H11FNO. The van der Waals surface area contributed by atoms with Gasteiger partial charge in [-0.05, 0) is 24.6 Å². The van der Waals surface area contributed by atoms with E-state index in [4.69, 9.17) is 0 Å². The van der Waals surface area contributed by atoms with E-state index in [1.807, 2.05) is 0 Å². The minimum Gasteiger partial charge on any atom is -0.350 e. The Balaban J connectivity index is 2.71. The summed E-state index contributed by atoms with van der Waals surface area (Å²) in [5.74, 6) is -0.442. The number of benzene rings is 1. The predicted molar refractivity (Wildman–Crippen MR) is 48.3 cm³/mol. The number of nitrogens with one attached hydrogen (secondary N) is 1. The van der Waals surface area contributed by atoms with Crippen LogP contribution in [0.3, 0.4) is 0 Å². The van der Waals surface area contributed by atoms with Crippen LogP contribution in [0, 0.1) is 12.7 Å². The molecule has 0 aromatic heterocycles. The van der Waals surface area contributed by atoms with E-state index in [-0.39, 0.29) is 17.8 Å². The number of hydrogen-bond acceptors (Lipinski definition) is 1. The van der Waals surface area contributed by atoms with Gasteiger partial charge in [-0.3, -0.25) is 4.79 Å². The fourth-order valence-corrected chi connectivity index (χ4v) is 1.02. The van der Waals surface area contributed by atoms with Crippen molar-refractivity contribution in [3.05, 3.63) is 42.6 Å². The number of amides is 1. The van der Waals surface area contributed by atoms with Gasteiger partial charge in [-0.2, -0.15) is 0 Å². The highest BCUT2D eigenvalue weighted by atomic mass is 19.1. The minimum absolute atomic E-state index is 0.149. The van der Waals surface area contributed by atoms with Crippen molar-refractivity contribution in [1.82, 2.24) is 5.32 Å². The maximum absolute atomic E-state index is 12.5. The largest absolute Gasteiger partial charge is 0.350 e. The molecule has 0 heterocycles. The molecule has 0 aliphatic heterocycles. The third kappa shape index (κ3) is 2.86. The van der Waals surface area contributed by atoms with Crippen molar-refractivity contribution in [2.24, 2.45) is 0 Å². The molecule has 0 saturated carbocycles. The quantitative estimate of drug-likeness (QED) is 0.739. The zero-order chi connectivity index (χ0) is 9.84. The summed E-state index contributed by atoms with van der Waals surface area (Å²) in [6.07, 6.45) is 0. The molecule has 0 bridgehead atoms. The van der Waals surface area contributed by atoms with E-state index >= 15 is 0 Å². The number of carbonyl (C=O) groups excluding carboxylic acids is 1. The molecule has 0 spiro atoms. The predicted octanol–water partition coefficient (Wildman–Crippen LogP) is 1.84. The second kappa shape index (κ2) is 4.03. The first-order valence-electron chi connectivity index (χ1n) is 3.95. The molecule has 0 aliphatic carbocycles. The van der Waals surface area contributed by atoms with Gasteiger partial charge in [0.05, 0.1) is 6.04 Å². The van der Waals surface area contributed by atoms with Gasteiger partial charge in [0.2, 0.25) is 5.91 Å². The molecule has 1 aromatic carbocycles. The SMILES string of the molecule is [CH2]C(NC(C)=O)c1ccc(F)cc1. The summed E-state index contributed by atoms with van der Waals surface area (Å²) < 4.78 is 12.5. The van der Waals surface area contributed by atoms with Gasteiger partial charge in [-0.25, -0.2) is 4.39 Å². The molecular weight excluding hydrogens is 169 g/mol. The Bertz CT molecular complexity index is 294. The Kier molecular flexibility index (Phi) is 3.01. The van der Waals surface area contributed by atoms with Crippen molar-refractivity contribution in [2.75, 3.05) is 0 Å². The maximum Gasteiger partial charge on any atom is 0.217 e. The van der Waals surface area contributed by atoms with Crippen LogP contribution in [0.5, 0.6) is 0 Å². The summed E-state index contributed by atoms with van der Waals surface area (Å²) in [4.78, 5) is 10.7. The molecule has 13 heavy (non-hydrogen) atoms. The number of carbonyl (C=O) groups is 1. The van der Waals surface area contributed by atoms with E-state index < -0.39 is 0 Å². The molecule has 69 valence electrons. The lowest BCUT2D eigenvalue weighted by Crippen LogP contribution is -2.23. The topological polar surface area (TPSA) is 29.1 Å². The fourth-order valence-electron chi connectivity index (χ4n) is 1.02. The molecule has 0 saturated heterocycles. The fraction of sp³-hybridized carbons (Fsp3) is 0.200. The van der Waals surface area contributed by atoms with Crippen LogP contribution < -0.4 is 5.32 Å². The molecule has 1 atom stereocenters. The van der Waals surface area contributed by atoms with Gasteiger partial charge in [-0.15, -0.1) is 0 Å². The van der Waals surface area contributed by atoms with Crippen LogP contribution in [-0.4, -0.2) is 5.91 Å². The summed E-state index contributed by atoms with van der Waals surface area (Å²) in [6.45, 7) is 5.14. The Morgan fingerprint density at radius 3 is 2.46 bits per heavy atom. The second-order valence-corrected chi connectivity index (χ2v) is 2.80. The van der Waals surface area contributed by atoms with Crippen molar-refractivity contribution >= 4 is 5.91 Å². The first-order chi connectivity index (χ1) is 6.09. The third-order valence-electron chi connectivity index (χ3n) is 1.65. The van der Waals surface area contributed by atoms with E-state index in [1.54, 1.807) is 12.1 Å². The highest BCUT2D eigenvalue weighted by molar-refractivity contribution is 5.73. The summed E-state index contributed by atoms with van der Waals surface area (Å²) in [5.41, 5.74) is 0.789. The molecule has 1 amide bonds. The zero-order valence-electron chi connectivity index (χ0n) is 7.38. The van der Waals surface area contributed by atoms with Crippen LogP contribution in [0.25, 0.3) is 0 Å². The normalized spacial score (nSPS) is 12.2. The monoisotopic (exact) mass is 180 g/mol. The number of hydrogen-bond donors (Lipinski definition) is 1. The van der Waals surface area contributed by atoms with Crippen LogP contribution in [-0.2, 0) is 4.79 Å². The van der Waals surface area contributed by atoms with E-state index in [0.717, 1.165) is 5.56 Å². The minimum atomic E-state index is -0.321. The molecule has 2 nitrogen and oxygen atoms in total. The zero-order valence-corrected chi connectivity index (χ0v) is 7.38. The second-order valence-electron chi connectivity index (χ2n) is 2.80. The Labute approximate surface area is 76.8 Å². The van der Waals surface area contributed by atoms with Gasteiger partial charge in [0.25, 0.3) is 0 Å². The summed E-state index contributed by atoms with van der Waals surface area (Å²) in [5, 5.41) is 2.61. The van der Waals surface area contributed by atoms with E-state index in [1.165, 1.54) is 19.1 Å². The van der Waals surface area contributed by atoms with Crippen LogP contribution in [0.2, 0.25) is 0 Å². The van der Waals surface area contributed by atoms with Gasteiger partial charge in [0, 0.05) is 6.92 Å². The first-order valence-corrected chi connectivity index (χ1v) is 3.95. The van der Waals surface area contributed by atoms with Crippen LogP contribution in [0.1, 0.15) is 18.5 Å². The van der Waals surface area contributed by atoms with Crippen molar-refractivity contribution < 1.29 is 9.18 Å². The molecule has 1 aromatic rings. The standard InChI is InChI=1S/C10H11FNO/c1-7(12-8(2)13)9-3-5-10(11)6-4-9/h3-7H,1H2,2H3,(H,12,13). The average molecular weight is 180 g/mol. The smallest absolute Gasteiger partial charge is 0.217 e. The Morgan fingerprint density at radius 1 is 1.46 bits per heavy atom. The first kappa shape index (κ1) is 9.71. The van der Waals surface area contributed by atoms with Crippen molar-refractivity contribution in [3.63, 3.8) is 0 Å². The lowest BCUT2D eigenvalue weighted by atomic mass is 10.1. The molecule has 3 heteroatoms. The van der Waals surface area contributed by atoms with Gasteiger partial charge in [0.15, 0.2) is 0 Å². The molecule has 0 fully saturated rings. The maximum atomic E-state index is 12.5. The molecule has 1 radical (unpaired) electrons. The number of halogens is 1. The van der Waals surface area contributed by atoms with Gasteiger partial charge in [0.1, 0.15) is 5.82 Å². The lowest BCUT2D eigenvalue weighted by molar-refractivity contribution is -0.119. The molecule has 1 unspecified atom stereocenters. The van der Waals surface area contributed by atoms with Gasteiger partial charge < -0.3 is 5.32 Å². The van der Waals surface area contributed by atoms with E-state index in [9.17, 15) is 9.18 Å². The Hall–Kier alpha value is -1.38. The Morgan fingerprint density at radius 2 is 2.00 bits per heavy atom. The number of rotatable bonds is 2. The summed E-state index contributed by atoms with van der Waals surface area (Å²) in [6, 6.07) is 5.56. The highest BCUT2D eigenvalue weighted by Crippen LogP contribution is 2.11. The lowest BCUT2D eigenvalue weighted by Gasteiger charge is -2.11. The van der Waals surface area contributed by atoms with Crippen molar-refractivity contribution in [1.29, 1.82) is 0 Å². The molecule has 1 N–H and O–H groups in total. The third-order valence-corrected chi connectivity index (χ3v) is 1.65. The summed E-state index contributed by atoms with van der Waals surface area (Å²) >= 11 is 0. The molecule has 1 rings (SSSR count). The van der Waals surface area contributed by atoms with Gasteiger partial charge >= 0.3 is 0 Å². The summed E-state index contributed by atoms with van der Waals surface area (Å²) in [7, 11) is 0. The van der Waals surface area contributed by atoms with Crippen LogP contribution in [0.4, 0.5) is 4.39 Å². The molecule has 0 aliphatic rings. The van der Waals surface area contributed by atoms with Crippen molar-refractivity contribution in [3.8, 4) is 0 Å². The van der Waals surface area contributed by atoms with Crippen molar-refractivity contribution in [2.45, 2.75) is 13.0 Å². The van der Waals surface area contributed by atoms with E-state index in [2.05, 4.69) is 12.2 Å². The van der Waals surface area contributed by atoms with Crippen LogP contribution in [0.15, 0.2) is 24.3 Å².